The van der Waals surface area contributed by atoms with Gasteiger partial charge in [-0.1, -0.05) is 11.6 Å². The third kappa shape index (κ3) is 3.84. The number of amides is 1. The van der Waals surface area contributed by atoms with Gasteiger partial charge in [0.1, 0.15) is 0 Å². The van der Waals surface area contributed by atoms with E-state index in [1.807, 2.05) is 6.92 Å². The van der Waals surface area contributed by atoms with Crippen molar-refractivity contribution in [3.63, 3.8) is 0 Å². The number of rotatable bonds is 5. The van der Waals surface area contributed by atoms with Crippen molar-refractivity contribution in [2.75, 3.05) is 6.54 Å². The number of hydrogen-bond acceptors (Lipinski definition) is 4. The minimum absolute atomic E-state index is 0. The van der Waals surface area contributed by atoms with Crippen LogP contribution < -0.4 is 11.1 Å². The van der Waals surface area contributed by atoms with E-state index in [2.05, 4.69) is 5.32 Å². The number of carbonyl (C=O) groups is 1. The van der Waals surface area contributed by atoms with Crippen LogP contribution in [0.25, 0.3) is 0 Å². The Bertz CT molecular complexity index is 564. The third-order valence-electron chi connectivity index (χ3n) is 3.71. The van der Waals surface area contributed by atoms with Crippen molar-refractivity contribution >= 4 is 35.6 Å². The highest BCUT2D eigenvalue weighted by atomic mass is 35.5. The molecule has 1 amide bonds. The van der Waals surface area contributed by atoms with E-state index < -0.39 is 10.5 Å². The van der Waals surface area contributed by atoms with Crippen LogP contribution in [0.4, 0.5) is 5.69 Å². The normalized spacial score (nSPS) is 16.5. The predicted molar refractivity (Wildman–Crippen MR) is 83.0 cm³/mol. The number of nitrogens with two attached hydrogens (primary N) is 1. The minimum atomic E-state index is -0.554. The second-order valence-electron chi connectivity index (χ2n) is 5.27. The topological polar surface area (TPSA) is 98.3 Å². The summed E-state index contributed by atoms with van der Waals surface area (Å²) in [5.74, 6) is 0.0259. The maximum atomic E-state index is 12.2. The number of carbonyl (C=O) groups excluding carboxylic acids is 1. The molecule has 116 valence electrons. The average molecular weight is 334 g/mol. The second-order valence-corrected chi connectivity index (χ2v) is 5.68. The van der Waals surface area contributed by atoms with Crippen molar-refractivity contribution in [3.8, 4) is 0 Å². The summed E-state index contributed by atoms with van der Waals surface area (Å²) in [6, 6.07) is 3.80. The standard InChI is InChI=1S/C13H16ClN3O3.ClH/c1-13(7-15,8-2-3-8)16-12(18)10-5-4-9(17(19)20)6-11(10)14;/h4-6,8H,2-3,7,15H2,1H3,(H,16,18);1H. The molecule has 21 heavy (non-hydrogen) atoms. The maximum Gasteiger partial charge on any atom is 0.270 e. The fourth-order valence-electron chi connectivity index (χ4n) is 2.17. The lowest BCUT2D eigenvalue weighted by atomic mass is 9.95. The molecule has 0 aromatic heterocycles. The summed E-state index contributed by atoms with van der Waals surface area (Å²) in [7, 11) is 0. The van der Waals surface area contributed by atoms with Crippen LogP contribution in [0.3, 0.4) is 0 Å². The molecule has 0 bridgehead atoms. The zero-order valence-electron chi connectivity index (χ0n) is 11.5. The van der Waals surface area contributed by atoms with Crippen molar-refractivity contribution in [1.82, 2.24) is 5.32 Å². The first-order valence-corrected chi connectivity index (χ1v) is 6.71. The van der Waals surface area contributed by atoms with Gasteiger partial charge in [0.25, 0.3) is 11.6 Å². The van der Waals surface area contributed by atoms with Crippen LogP contribution in [0.1, 0.15) is 30.1 Å². The van der Waals surface area contributed by atoms with Gasteiger partial charge in [-0.05, 0) is 31.7 Å². The molecule has 0 heterocycles. The Morgan fingerprint density at radius 3 is 2.62 bits per heavy atom. The molecule has 1 aliphatic rings. The summed E-state index contributed by atoms with van der Waals surface area (Å²) in [5.41, 5.74) is 5.36. The van der Waals surface area contributed by atoms with Gasteiger partial charge in [-0.2, -0.15) is 0 Å². The van der Waals surface area contributed by atoms with Crippen LogP contribution in [-0.2, 0) is 0 Å². The number of nitro groups is 1. The van der Waals surface area contributed by atoms with Gasteiger partial charge in [-0.15, -0.1) is 12.4 Å². The summed E-state index contributed by atoms with van der Waals surface area (Å²) >= 11 is 5.94. The van der Waals surface area contributed by atoms with Crippen molar-refractivity contribution in [2.45, 2.75) is 25.3 Å². The molecule has 1 aromatic carbocycles. The Morgan fingerprint density at radius 2 is 2.19 bits per heavy atom. The summed E-state index contributed by atoms with van der Waals surface area (Å²) in [4.78, 5) is 22.3. The number of halogens is 2. The zero-order valence-corrected chi connectivity index (χ0v) is 13.0. The molecule has 1 atom stereocenters. The van der Waals surface area contributed by atoms with E-state index in [9.17, 15) is 14.9 Å². The number of benzene rings is 1. The molecular weight excluding hydrogens is 317 g/mol. The monoisotopic (exact) mass is 333 g/mol. The van der Waals surface area contributed by atoms with Crippen LogP contribution in [0, 0.1) is 16.0 Å². The average Bonchev–Trinajstić information content (AvgIpc) is 3.22. The largest absolute Gasteiger partial charge is 0.345 e. The lowest BCUT2D eigenvalue weighted by Crippen LogP contribution is -2.53. The van der Waals surface area contributed by atoms with Gasteiger partial charge < -0.3 is 11.1 Å². The van der Waals surface area contributed by atoms with Crippen LogP contribution in [0.5, 0.6) is 0 Å². The Hall–Kier alpha value is -1.37. The molecule has 1 aromatic rings. The first kappa shape index (κ1) is 17.7. The molecule has 1 aliphatic carbocycles. The lowest BCUT2D eigenvalue weighted by molar-refractivity contribution is -0.384. The van der Waals surface area contributed by atoms with E-state index >= 15 is 0 Å². The van der Waals surface area contributed by atoms with E-state index in [4.69, 9.17) is 17.3 Å². The Labute approximate surface area is 133 Å². The molecule has 1 fully saturated rings. The van der Waals surface area contributed by atoms with Crippen LogP contribution in [0.15, 0.2) is 18.2 Å². The quantitative estimate of drug-likeness (QED) is 0.638. The number of hydrogen-bond donors (Lipinski definition) is 2. The van der Waals surface area contributed by atoms with E-state index in [-0.39, 0.29) is 34.6 Å². The fraction of sp³-hybridized carbons (Fsp3) is 0.462. The number of nitrogens with one attached hydrogen (secondary N) is 1. The Balaban J connectivity index is 0.00000220. The summed E-state index contributed by atoms with van der Waals surface area (Å²) in [6.45, 7) is 2.25. The highest BCUT2D eigenvalue weighted by Crippen LogP contribution is 2.39. The van der Waals surface area contributed by atoms with Gasteiger partial charge in [0.2, 0.25) is 0 Å². The van der Waals surface area contributed by atoms with E-state index in [1.165, 1.54) is 18.2 Å². The van der Waals surface area contributed by atoms with E-state index in [0.717, 1.165) is 12.8 Å². The minimum Gasteiger partial charge on any atom is -0.345 e. The molecule has 0 spiro atoms. The van der Waals surface area contributed by atoms with Gasteiger partial charge in [0, 0.05) is 18.7 Å². The Morgan fingerprint density at radius 1 is 1.57 bits per heavy atom. The molecule has 6 nitrogen and oxygen atoms in total. The van der Waals surface area contributed by atoms with Crippen molar-refractivity contribution in [3.05, 3.63) is 38.9 Å². The lowest BCUT2D eigenvalue weighted by Gasteiger charge is -2.29. The van der Waals surface area contributed by atoms with Gasteiger partial charge in [-0.25, -0.2) is 0 Å². The number of nitro benzene ring substituents is 1. The van der Waals surface area contributed by atoms with Gasteiger partial charge in [0.05, 0.1) is 21.0 Å². The predicted octanol–water partition coefficient (Wildman–Crippen LogP) is 2.53. The molecule has 0 aliphatic heterocycles. The first-order valence-electron chi connectivity index (χ1n) is 6.34. The molecule has 1 unspecified atom stereocenters. The maximum absolute atomic E-state index is 12.2. The zero-order chi connectivity index (χ0) is 14.9. The molecule has 0 saturated heterocycles. The van der Waals surface area contributed by atoms with Crippen molar-refractivity contribution in [1.29, 1.82) is 0 Å². The van der Waals surface area contributed by atoms with Gasteiger partial charge in [-0.3, -0.25) is 14.9 Å². The van der Waals surface area contributed by atoms with Gasteiger partial charge in [0.15, 0.2) is 0 Å². The Kier molecular flexibility index (Phi) is 5.55. The summed E-state index contributed by atoms with van der Waals surface area (Å²) in [6.07, 6.45) is 2.09. The second kappa shape index (κ2) is 6.60. The van der Waals surface area contributed by atoms with Crippen LogP contribution in [0.2, 0.25) is 5.02 Å². The van der Waals surface area contributed by atoms with Crippen molar-refractivity contribution < 1.29 is 9.72 Å². The molecule has 0 radical (unpaired) electrons. The number of non-ortho nitro benzene ring substituents is 1. The molecule has 8 heteroatoms. The highest BCUT2D eigenvalue weighted by molar-refractivity contribution is 6.34. The molecule has 2 rings (SSSR count). The fourth-order valence-corrected chi connectivity index (χ4v) is 2.43. The first-order chi connectivity index (χ1) is 9.37. The van der Waals surface area contributed by atoms with Crippen LogP contribution >= 0.6 is 24.0 Å². The van der Waals surface area contributed by atoms with E-state index in [0.29, 0.717) is 12.5 Å². The number of nitrogens with zero attached hydrogens (tertiary/aromatic N) is 1. The third-order valence-corrected chi connectivity index (χ3v) is 4.02. The highest BCUT2D eigenvalue weighted by Gasteiger charge is 2.41. The SMILES string of the molecule is CC(CN)(NC(=O)c1ccc([N+](=O)[O-])cc1Cl)C1CC1.Cl. The molecular formula is C13H17Cl2N3O3. The van der Waals surface area contributed by atoms with E-state index in [1.54, 1.807) is 0 Å². The molecule has 1 saturated carbocycles. The smallest absolute Gasteiger partial charge is 0.270 e. The van der Waals surface area contributed by atoms with Crippen LogP contribution in [-0.4, -0.2) is 22.9 Å². The van der Waals surface area contributed by atoms with Crippen molar-refractivity contribution in [2.24, 2.45) is 11.7 Å². The summed E-state index contributed by atoms with van der Waals surface area (Å²) in [5, 5.41) is 13.6. The molecule has 3 N–H and O–H groups in total. The summed E-state index contributed by atoms with van der Waals surface area (Å²) < 4.78 is 0. The van der Waals surface area contributed by atoms with Gasteiger partial charge >= 0.3 is 0 Å².